The molecule has 2 aliphatic heterocycles. The lowest BCUT2D eigenvalue weighted by molar-refractivity contribution is -0.147. The number of fused-ring (bicyclic) bond motifs is 2. The van der Waals surface area contributed by atoms with Crippen LogP contribution in [-0.4, -0.2) is 76.9 Å². The summed E-state index contributed by atoms with van der Waals surface area (Å²) in [5.74, 6) is -1.50. The summed E-state index contributed by atoms with van der Waals surface area (Å²) in [5.41, 5.74) is 1.62. The number of ketones is 1. The van der Waals surface area contributed by atoms with Crippen LogP contribution in [0.25, 0.3) is 10.9 Å². The lowest BCUT2D eigenvalue weighted by atomic mass is 9.93. The zero-order chi connectivity index (χ0) is 32.5. The minimum absolute atomic E-state index is 0.155. The number of carbonyl (C=O) groups excluding carboxylic acids is 5. The fourth-order valence-electron chi connectivity index (χ4n) is 6.38. The molecule has 2 saturated heterocycles. The van der Waals surface area contributed by atoms with Crippen molar-refractivity contribution < 1.29 is 28.8 Å². The third kappa shape index (κ3) is 8.23. The van der Waals surface area contributed by atoms with E-state index in [-0.39, 0.29) is 29.9 Å². The number of rotatable bonds is 12. The van der Waals surface area contributed by atoms with Crippen molar-refractivity contribution in [2.45, 2.75) is 116 Å². The fraction of sp³-hybridized carbons (Fsp3) is 0.618. The standard InChI is InChI=1S/C34H49N5O6/c1-5-22(3)30-34(44)38-19-13-12-18-29(38)33(43)35-26(16-9-7-8-14-24(40)6-2)31(41)36-27(32(42)37-30)20-23-21-39(45-4)28-17-11-10-15-25(23)28/h10-11,15,17,21-22,26-27,29-30H,5-9,12-14,16,18-20H2,1-4H3,(H,35,43)(H,36,41)(H,37,42)/t22?,26-,27?,29?,30?/m0/s1. The van der Waals surface area contributed by atoms with Crippen LogP contribution in [0.3, 0.4) is 0 Å². The Hall–Kier alpha value is -3.89. The molecule has 0 radical (unpaired) electrons. The van der Waals surface area contributed by atoms with E-state index in [1.807, 2.05) is 45.0 Å². The number of unbranched alkanes of at least 4 members (excludes halogenated alkanes) is 2. The molecule has 1 aromatic carbocycles. The number of hydrogen-bond donors (Lipinski definition) is 3. The van der Waals surface area contributed by atoms with Crippen LogP contribution in [0.4, 0.5) is 0 Å². The van der Waals surface area contributed by atoms with Crippen molar-refractivity contribution in [2.75, 3.05) is 13.7 Å². The van der Waals surface area contributed by atoms with Crippen LogP contribution >= 0.6 is 0 Å². The van der Waals surface area contributed by atoms with Gasteiger partial charge in [0.2, 0.25) is 23.6 Å². The van der Waals surface area contributed by atoms with Crippen molar-refractivity contribution in [1.29, 1.82) is 0 Å². The van der Waals surface area contributed by atoms with Crippen LogP contribution in [0.15, 0.2) is 30.5 Å². The summed E-state index contributed by atoms with van der Waals surface area (Å²) >= 11 is 0. The average molecular weight is 624 g/mol. The molecule has 4 unspecified atom stereocenters. The summed E-state index contributed by atoms with van der Waals surface area (Å²) < 4.78 is 1.62. The van der Waals surface area contributed by atoms with Gasteiger partial charge in [-0.05, 0) is 49.7 Å². The molecule has 0 saturated carbocycles. The first-order chi connectivity index (χ1) is 21.7. The highest BCUT2D eigenvalue weighted by Gasteiger charge is 2.40. The molecule has 5 atom stereocenters. The van der Waals surface area contributed by atoms with Gasteiger partial charge in [-0.15, -0.1) is 0 Å². The van der Waals surface area contributed by atoms with Crippen LogP contribution in [0.5, 0.6) is 0 Å². The highest BCUT2D eigenvalue weighted by Crippen LogP contribution is 2.24. The molecule has 2 aliphatic rings. The van der Waals surface area contributed by atoms with Crippen molar-refractivity contribution in [1.82, 2.24) is 25.6 Å². The second-order valence-corrected chi connectivity index (χ2v) is 12.4. The quantitative estimate of drug-likeness (QED) is 0.311. The van der Waals surface area contributed by atoms with E-state index in [0.717, 1.165) is 35.7 Å². The van der Waals surface area contributed by atoms with E-state index in [2.05, 4.69) is 16.0 Å². The van der Waals surface area contributed by atoms with Crippen molar-refractivity contribution in [3.8, 4) is 0 Å². The number of carbonyl (C=O) groups is 5. The van der Waals surface area contributed by atoms with Gasteiger partial charge in [0, 0.05) is 37.4 Å². The monoisotopic (exact) mass is 623 g/mol. The van der Waals surface area contributed by atoms with E-state index in [4.69, 9.17) is 4.84 Å². The number of nitrogens with zero attached hydrogens (tertiary/aromatic N) is 2. The molecule has 4 rings (SSSR count). The van der Waals surface area contributed by atoms with Gasteiger partial charge in [-0.1, -0.05) is 58.2 Å². The van der Waals surface area contributed by atoms with Gasteiger partial charge in [0.15, 0.2) is 0 Å². The number of piperidine rings is 1. The number of amides is 4. The van der Waals surface area contributed by atoms with Crippen molar-refractivity contribution in [2.24, 2.45) is 5.92 Å². The summed E-state index contributed by atoms with van der Waals surface area (Å²) in [6, 6.07) is 4.20. The van der Waals surface area contributed by atoms with Crippen LogP contribution in [-0.2, 0) is 30.4 Å². The maximum absolute atomic E-state index is 14.0. The van der Waals surface area contributed by atoms with Crippen LogP contribution < -0.4 is 20.8 Å². The summed E-state index contributed by atoms with van der Waals surface area (Å²) in [7, 11) is 1.56. The van der Waals surface area contributed by atoms with Gasteiger partial charge in [0.05, 0.1) is 5.52 Å². The lowest BCUT2D eigenvalue weighted by Crippen LogP contribution is -2.64. The third-order valence-corrected chi connectivity index (χ3v) is 9.36. The van der Waals surface area contributed by atoms with Gasteiger partial charge >= 0.3 is 0 Å². The van der Waals surface area contributed by atoms with Gasteiger partial charge in [-0.2, -0.15) is 4.73 Å². The molecule has 4 amide bonds. The van der Waals surface area contributed by atoms with Gasteiger partial charge in [0.1, 0.15) is 37.1 Å². The number of nitrogens with one attached hydrogen (secondary N) is 3. The number of benzene rings is 1. The Bertz CT molecular complexity index is 1370. The van der Waals surface area contributed by atoms with Gasteiger partial charge in [-0.3, -0.25) is 24.0 Å². The lowest BCUT2D eigenvalue weighted by Gasteiger charge is -2.39. The Kier molecular flexibility index (Phi) is 12.0. The zero-order valence-electron chi connectivity index (χ0n) is 27.1. The van der Waals surface area contributed by atoms with Gasteiger partial charge in [-0.25, -0.2) is 0 Å². The summed E-state index contributed by atoms with van der Waals surface area (Å²) in [6.07, 6.45) is 8.07. The largest absolute Gasteiger partial charge is 0.417 e. The van der Waals surface area contributed by atoms with Crippen molar-refractivity contribution >= 4 is 40.3 Å². The van der Waals surface area contributed by atoms with E-state index < -0.39 is 36.0 Å². The van der Waals surface area contributed by atoms with Gasteiger partial charge < -0.3 is 25.7 Å². The molecule has 3 heterocycles. The Morgan fingerprint density at radius 1 is 0.956 bits per heavy atom. The molecule has 11 nitrogen and oxygen atoms in total. The van der Waals surface area contributed by atoms with Crippen molar-refractivity contribution in [3.63, 3.8) is 0 Å². The van der Waals surface area contributed by atoms with Crippen molar-refractivity contribution in [3.05, 3.63) is 36.0 Å². The molecule has 246 valence electrons. The van der Waals surface area contributed by atoms with E-state index >= 15 is 0 Å². The molecule has 2 fully saturated rings. The second kappa shape index (κ2) is 15.9. The number of Topliss-reactive ketones (excluding diaryl/α,β-unsaturated/α-hetero) is 1. The van der Waals surface area contributed by atoms with E-state index in [1.165, 1.54) is 0 Å². The first-order valence-corrected chi connectivity index (χ1v) is 16.5. The summed E-state index contributed by atoms with van der Waals surface area (Å²) in [4.78, 5) is 74.5. The molecule has 0 spiro atoms. The fourth-order valence-corrected chi connectivity index (χ4v) is 6.38. The maximum atomic E-state index is 14.0. The normalized spacial score (nSPS) is 23.7. The van der Waals surface area contributed by atoms with Crippen LogP contribution in [0.2, 0.25) is 0 Å². The molecule has 0 aliphatic carbocycles. The summed E-state index contributed by atoms with van der Waals surface area (Å²) in [5, 5.41) is 9.75. The maximum Gasteiger partial charge on any atom is 0.246 e. The number of aromatic nitrogens is 1. The molecule has 0 bridgehead atoms. The number of hydrogen-bond acceptors (Lipinski definition) is 6. The topological polar surface area (TPSA) is 139 Å². The van der Waals surface area contributed by atoms with Crippen LogP contribution in [0, 0.1) is 5.92 Å². The minimum Gasteiger partial charge on any atom is -0.417 e. The Balaban J connectivity index is 1.66. The minimum atomic E-state index is -1.01. The molecular formula is C34H49N5O6. The van der Waals surface area contributed by atoms with Crippen LogP contribution in [0.1, 0.15) is 90.5 Å². The molecule has 3 N–H and O–H groups in total. The Morgan fingerprint density at radius 3 is 2.42 bits per heavy atom. The molecule has 1 aromatic heterocycles. The summed E-state index contributed by atoms with van der Waals surface area (Å²) in [6.45, 7) is 6.14. The highest BCUT2D eigenvalue weighted by atomic mass is 16.6. The predicted molar refractivity (Wildman–Crippen MR) is 171 cm³/mol. The Labute approximate surface area is 265 Å². The van der Waals surface area contributed by atoms with E-state index in [9.17, 15) is 24.0 Å². The highest BCUT2D eigenvalue weighted by molar-refractivity contribution is 5.98. The third-order valence-electron chi connectivity index (χ3n) is 9.36. The number of para-hydroxylation sites is 1. The molecule has 11 heteroatoms. The second-order valence-electron chi connectivity index (χ2n) is 12.4. The van der Waals surface area contributed by atoms with E-state index in [0.29, 0.717) is 51.5 Å². The van der Waals surface area contributed by atoms with Gasteiger partial charge in [0.25, 0.3) is 0 Å². The van der Waals surface area contributed by atoms with E-state index in [1.54, 1.807) is 22.9 Å². The Morgan fingerprint density at radius 2 is 1.69 bits per heavy atom. The average Bonchev–Trinajstić information content (AvgIpc) is 3.41. The zero-order valence-corrected chi connectivity index (χ0v) is 27.1. The molecular weight excluding hydrogens is 574 g/mol. The first kappa shape index (κ1) is 34.0. The molecule has 2 aromatic rings. The predicted octanol–water partition coefficient (Wildman–Crippen LogP) is 3.07. The SMILES string of the molecule is CCC(=O)CCCCC[C@@H]1NC(=O)C2CCCCN2C(=O)C(C(C)CC)NC(=O)C(Cc2cn(OC)c3ccccc23)NC1=O. The molecule has 45 heavy (non-hydrogen) atoms. The first-order valence-electron chi connectivity index (χ1n) is 16.5. The smallest absolute Gasteiger partial charge is 0.246 e.